The van der Waals surface area contributed by atoms with Gasteiger partial charge in [0.2, 0.25) is 0 Å². The molecule has 2 rings (SSSR count). The number of hydrogen-bond acceptors (Lipinski definition) is 4. The SMILES string of the molecule is CN=C(NCCCS(=O)(=O)Cc1ccccc1)NCC(C)(C)N1CCCCC1.I. The third-order valence-electron chi connectivity index (χ3n) is 5.28. The van der Waals surface area contributed by atoms with E-state index in [1.807, 2.05) is 30.3 Å². The zero-order valence-electron chi connectivity index (χ0n) is 18.0. The first kappa shape index (κ1) is 26.2. The average Bonchev–Trinajstić information content (AvgIpc) is 2.68. The summed E-state index contributed by atoms with van der Waals surface area (Å²) in [5.41, 5.74) is 0.907. The van der Waals surface area contributed by atoms with Crippen LogP contribution in [0.5, 0.6) is 0 Å². The van der Waals surface area contributed by atoms with Crippen molar-refractivity contribution in [3.63, 3.8) is 0 Å². The summed E-state index contributed by atoms with van der Waals surface area (Å²) >= 11 is 0. The Hall–Kier alpha value is -0.870. The fourth-order valence-electron chi connectivity index (χ4n) is 3.53. The van der Waals surface area contributed by atoms with Crippen molar-refractivity contribution in [2.75, 3.05) is 39.0 Å². The largest absolute Gasteiger partial charge is 0.356 e. The van der Waals surface area contributed by atoms with E-state index in [0.29, 0.717) is 13.0 Å². The van der Waals surface area contributed by atoms with Crippen LogP contribution in [0.1, 0.15) is 45.1 Å². The Kier molecular flexibility index (Phi) is 11.5. The van der Waals surface area contributed by atoms with Crippen LogP contribution in [-0.2, 0) is 15.6 Å². The summed E-state index contributed by atoms with van der Waals surface area (Å²) in [6.45, 7) is 8.21. The van der Waals surface area contributed by atoms with Gasteiger partial charge in [-0.1, -0.05) is 36.8 Å². The predicted octanol–water partition coefficient (Wildman–Crippen LogP) is 3.04. The zero-order valence-corrected chi connectivity index (χ0v) is 21.1. The monoisotopic (exact) mass is 536 g/mol. The van der Waals surface area contributed by atoms with E-state index in [2.05, 4.69) is 34.4 Å². The molecule has 0 amide bonds. The lowest BCUT2D eigenvalue weighted by Crippen LogP contribution is -2.54. The summed E-state index contributed by atoms with van der Waals surface area (Å²) in [5.74, 6) is 1.00. The molecular formula is C21H37IN4O2S. The Morgan fingerprint density at radius 2 is 1.76 bits per heavy atom. The molecule has 0 aliphatic carbocycles. The molecule has 0 radical (unpaired) electrons. The number of nitrogens with zero attached hydrogens (tertiary/aromatic N) is 2. The Balaban J connectivity index is 0.00000420. The quantitative estimate of drug-likeness (QED) is 0.220. The highest BCUT2D eigenvalue weighted by atomic mass is 127. The Morgan fingerprint density at radius 3 is 2.38 bits per heavy atom. The van der Waals surface area contributed by atoms with Gasteiger partial charge in [-0.05, 0) is 51.8 Å². The number of hydrogen-bond donors (Lipinski definition) is 2. The van der Waals surface area contributed by atoms with Crippen LogP contribution in [0.3, 0.4) is 0 Å². The van der Waals surface area contributed by atoms with Crippen molar-refractivity contribution in [3.05, 3.63) is 35.9 Å². The number of sulfone groups is 1. The molecule has 1 aliphatic rings. The van der Waals surface area contributed by atoms with Crippen molar-refractivity contribution in [2.24, 2.45) is 4.99 Å². The molecular weight excluding hydrogens is 499 g/mol. The van der Waals surface area contributed by atoms with Gasteiger partial charge in [-0.2, -0.15) is 0 Å². The van der Waals surface area contributed by atoms with Gasteiger partial charge >= 0.3 is 0 Å². The highest BCUT2D eigenvalue weighted by Gasteiger charge is 2.27. The van der Waals surface area contributed by atoms with Gasteiger partial charge in [-0.15, -0.1) is 24.0 Å². The van der Waals surface area contributed by atoms with E-state index < -0.39 is 9.84 Å². The van der Waals surface area contributed by atoms with Gasteiger partial charge in [0.1, 0.15) is 0 Å². The molecule has 1 heterocycles. The number of benzene rings is 1. The molecule has 29 heavy (non-hydrogen) atoms. The van der Waals surface area contributed by atoms with Crippen LogP contribution in [0, 0.1) is 0 Å². The summed E-state index contributed by atoms with van der Waals surface area (Å²) in [6, 6.07) is 9.34. The number of guanidine groups is 1. The minimum Gasteiger partial charge on any atom is -0.356 e. The van der Waals surface area contributed by atoms with Gasteiger partial charge in [0, 0.05) is 25.7 Å². The second kappa shape index (κ2) is 12.7. The maximum atomic E-state index is 12.3. The third kappa shape index (κ3) is 9.65. The van der Waals surface area contributed by atoms with Gasteiger partial charge < -0.3 is 10.6 Å². The molecule has 0 saturated carbocycles. The van der Waals surface area contributed by atoms with E-state index in [0.717, 1.165) is 31.2 Å². The molecule has 1 aliphatic heterocycles. The maximum Gasteiger partial charge on any atom is 0.191 e. The van der Waals surface area contributed by atoms with Gasteiger partial charge in [-0.3, -0.25) is 9.89 Å². The lowest BCUT2D eigenvalue weighted by molar-refractivity contribution is 0.0982. The summed E-state index contributed by atoms with van der Waals surface area (Å²) in [4.78, 5) is 6.80. The van der Waals surface area contributed by atoms with Gasteiger partial charge in [-0.25, -0.2) is 8.42 Å². The first-order chi connectivity index (χ1) is 13.3. The van der Waals surface area contributed by atoms with Crippen molar-refractivity contribution in [3.8, 4) is 0 Å². The summed E-state index contributed by atoms with van der Waals surface area (Å²) < 4.78 is 24.5. The standard InChI is InChI=1S/C21H36N4O2S.HI/c1-21(2,25-14-8-5-9-15-25)18-24-20(22-3)23-13-10-16-28(26,27)17-19-11-6-4-7-12-19;/h4,6-7,11-12H,5,8-10,13-18H2,1-3H3,(H2,22,23,24);1H. The molecule has 8 heteroatoms. The first-order valence-electron chi connectivity index (χ1n) is 10.3. The topological polar surface area (TPSA) is 73.8 Å². The van der Waals surface area contributed by atoms with Crippen molar-refractivity contribution < 1.29 is 8.42 Å². The van der Waals surface area contributed by atoms with E-state index in [-0.39, 0.29) is 41.0 Å². The summed E-state index contributed by atoms with van der Waals surface area (Å²) in [6.07, 6.45) is 4.43. The van der Waals surface area contributed by atoms with Crippen LogP contribution >= 0.6 is 24.0 Å². The minimum absolute atomic E-state index is 0. The summed E-state index contributed by atoms with van der Waals surface area (Å²) in [7, 11) is -1.35. The zero-order chi connectivity index (χ0) is 20.5. The number of nitrogens with one attached hydrogen (secondary N) is 2. The molecule has 1 aromatic rings. The van der Waals surface area contributed by atoms with E-state index in [9.17, 15) is 8.42 Å². The second-order valence-corrected chi connectivity index (χ2v) is 10.3. The lowest BCUT2D eigenvalue weighted by Gasteiger charge is -2.41. The predicted molar refractivity (Wildman–Crippen MR) is 133 cm³/mol. The Morgan fingerprint density at radius 1 is 1.10 bits per heavy atom. The molecule has 1 saturated heterocycles. The van der Waals surface area contributed by atoms with E-state index in [1.165, 1.54) is 19.3 Å². The van der Waals surface area contributed by atoms with E-state index >= 15 is 0 Å². The third-order valence-corrected chi connectivity index (χ3v) is 6.96. The van der Waals surface area contributed by atoms with Gasteiger partial charge in [0.15, 0.2) is 15.8 Å². The number of likely N-dealkylation sites (tertiary alicyclic amines) is 1. The van der Waals surface area contributed by atoms with Crippen LogP contribution in [-0.4, -0.2) is 63.8 Å². The maximum absolute atomic E-state index is 12.3. The highest BCUT2D eigenvalue weighted by molar-refractivity contribution is 14.0. The first-order valence-corrected chi connectivity index (χ1v) is 12.1. The molecule has 0 spiro atoms. The van der Waals surface area contributed by atoms with Crippen molar-refractivity contribution >= 4 is 39.8 Å². The van der Waals surface area contributed by atoms with Crippen LogP contribution in [0.2, 0.25) is 0 Å². The molecule has 1 aromatic carbocycles. The number of piperidine rings is 1. The molecule has 2 N–H and O–H groups in total. The van der Waals surface area contributed by atoms with E-state index in [1.54, 1.807) is 7.05 Å². The van der Waals surface area contributed by atoms with Crippen molar-refractivity contribution in [2.45, 2.75) is 50.8 Å². The van der Waals surface area contributed by atoms with Crippen LogP contribution in [0.4, 0.5) is 0 Å². The number of halogens is 1. The van der Waals surface area contributed by atoms with Crippen molar-refractivity contribution in [1.29, 1.82) is 0 Å². The lowest BCUT2D eigenvalue weighted by atomic mass is 9.98. The van der Waals surface area contributed by atoms with Crippen LogP contribution in [0.15, 0.2) is 35.3 Å². The van der Waals surface area contributed by atoms with E-state index in [4.69, 9.17) is 0 Å². The van der Waals surface area contributed by atoms with Crippen LogP contribution in [0.25, 0.3) is 0 Å². The normalized spacial score (nSPS) is 16.2. The smallest absolute Gasteiger partial charge is 0.191 e. The fourth-order valence-corrected chi connectivity index (χ4v) is 4.96. The highest BCUT2D eigenvalue weighted by Crippen LogP contribution is 2.19. The molecule has 0 unspecified atom stereocenters. The van der Waals surface area contributed by atoms with Gasteiger partial charge in [0.25, 0.3) is 0 Å². The Labute approximate surface area is 193 Å². The fraction of sp³-hybridized carbons (Fsp3) is 0.667. The van der Waals surface area contributed by atoms with Crippen LogP contribution < -0.4 is 10.6 Å². The molecule has 0 aromatic heterocycles. The minimum atomic E-state index is -3.10. The molecule has 0 bridgehead atoms. The number of rotatable bonds is 9. The number of aliphatic imine (C=N–C) groups is 1. The molecule has 166 valence electrons. The second-order valence-electron chi connectivity index (χ2n) is 8.14. The summed E-state index contributed by atoms with van der Waals surface area (Å²) in [5, 5.41) is 6.63. The molecule has 6 nitrogen and oxygen atoms in total. The Bertz CT molecular complexity index is 717. The molecule has 1 fully saturated rings. The molecule has 0 atom stereocenters. The average molecular weight is 537 g/mol. The van der Waals surface area contributed by atoms with Crippen molar-refractivity contribution in [1.82, 2.24) is 15.5 Å². The van der Waals surface area contributed by atoms with Gasteiger partial charge in [0.05, 0.1) is 11.5 Å².